The second-order valence-corrected chi connectivity index (χ2v) is 18.0. The maximum Gasteiger partial charge on any atom is 0.0540 e. The molecule has 0 unspecified atom stereocenters. The number of hydrogen-bond acceptors (Lipinski definition) is 4. The molecule has 322 valence electrons. The van der Waals surface area contributed by atoms with Crippen LogP contribution in [0.15, 0.2) is 273 Å². The second kappa shape index (κ2) is 17.9. The molecule has 1 aromatic heterocycles. The van der Waals surface area contributed by atoms with Crippen molar-refractivity contribution in [3.63, 3.8) is 0 Å². The van der Waals surface area contributed by atoms with E-state index < -0.39 is 0 Å². The summed E-state index contributed by atoms with van der Waals surface area (Å²) >= 11 is 1.85. The van der Waals surface area contributed by atoms with Gasteiger partial charge in [-0.1, -0.05) is 164 Å². The van der Waals surface area contributed by atoms with Crippen LogP contribution in [0.1, 0.15) is 0 Å². The van der Waals surface area contributed by atoms with Crippen LogP contribution >= 0.6 is 11.3 Å². The Kier molecular flexibility index (Phi) is 10.8. The normalized spacial score (nSPS) is 11.2. The van der Waals surface area contributed by atoms with Crippen LogP contribution in [0, 0.1) is 0 Å². The number of anilines is 9. The van der Waals surface area contributed by atoms with Gasteiger partial charge in [-0.2, -0.15) is 0 Å². The first kappa shape index (κ1) is 40.8. The predicted molar refractivity (Wildman–Crippen MR) is 292 cm³/mol. The Hall–Kier alpha value is -8.70. The third kappa shape index (κ3) is 7.73. The van der Waals surface area contributed by atoms with Crippen molar-refractivity contribution in [1.82, 2.24) is 0 Å². The zero-order chi connectivity index (χ0) is 45.2. The highest BCUT2D eigenvalue weighted by Gasteiger charge is 2.22. The van der Waals surface area contributed by atoms with Crippen molar-refractivity contribution in [2.75, 3.05) is 14.7 Å². The molecular weight excluding hydrogens is 843 g/mol. The minimum Gasteiger partial charge on any atom is -0.310 e. The lowest BCUT2D eigenvalue weighted by Crippen LogP contribution is -2.13. The number of hydrogen-bond donors (Lipinski definition) is 0. The molecule has 3 nitrogen and oxygen atoms in total. The Balaban J connectivity index is 1.09. The molecule has 12 rings (SSSR count). The van der Waals surface area contributed by atoms with Crippen LogP contribution in [0.2, 0.25) is 0 Å². The van der Waals surface area contributed by atoms with Crippen LogP contribution < -0.4 is 14.7 Å². The fourth-order valence-electron chi connectivity index (χ4n) is 9.69. The van der Waals surface area contributed by atoms with E-state index in [9.17, 15) is 0 Å². The average molecular weight is 888 g/mol. The lowest BCUT2D eigenvalue weighted by atomic mass is 9.95. The highest BCUT2D eigenvalue weighted by atomic mass is 32.1. The molecule has 1 heterocycles. The van der Waals surface area contributed by atoms with E-state index in [4.69, 9.17) is 0 Å². The predicted octanol–water partition coefficient (Wildman–Crippen LogP) is 19.0. The molecule has 0 bridgehead atoms. The first-order valence-corrected chi connectivity index (χ1v) is 23.9. The summed E-state index contributed by atoms with van der Waals surface area (Å²) < 4.78 is 2.58. The average Bonchev–Trinajstić information content (AvgIpc) is 3.78. The molecule has 11 aromatic carbocycles. The Morgan fingerprint density at radius 1 is 0.221 bits per heavy atom. The van der Waals surface area contributed by atoms with Gasteiger partial charge in [0.2, 0.25) is 0 Å². The van der Waals surface area contributed by atoms with Gasteiger partial charge in [0, 0.05) is 71.1 Å². The van der Waals surface area contributed by atoms with E-state index in [0.717, 1.165) is 73.1 Å². The van der Waals surface area contributed by atoms with E-state index in [-0.39, 0.29) is 0 Å². The lowest BCUT2D eigenvalue weighted by Gasteiger charge is -2.30. The van der Waals surface area contributed by atoms with Gasteiger partial charge in [0.05, 0.1) is 5.69 Å². The number of nitrogens with zero attached hydrogens (tertiary/aromatic N) is 3. The Morgan fingerprint density at radius 2 is 0.662 bits per heavy atom. The SMILES string of the molecule is c1ccc(-c2cccc(N(c3ccc4sc5ccccc5c4c3)c3cccc4c(-c5cc(N(c6ccccc6)c6ccccc6)cc(N(c6ccccc6)c6ccccc6)c5)cccc34)c2)cc1. The zero-order valence-electron chi connectivity index (χ0n) is 37.2. The van der Waals surface area contributed by atoms with Gasteiger partial charge in [0.1, 0.15) is 0 Å². The van der Waals surface area contributed by atoms with E-state index >= 15 is 0 Å². The van der Waals surface area contributed by atoms with E-state index in [1.807, 2.05) is 11.3 Å². The summed E-state index contributed by atoms with van der Waals surface area (Å²) in [6, 6.07) is 98.7. The minimum atomic E-state index is 1.05. The van der Waals surface area contributed by atoms with Crippen molar-refractivity contribution in [1.29, 1.82) is 0 Å². The molecule has 0 amide bonds. The Morgan fingerprint density at radius 3 is 1.28 bits per heavy atom. The van der Waals surface area contributed by atoms with Crippen LogP contribution in [0.4, 0.5) is 51.2 Å². The molecule has 0 atom stereocenters. The summed E-state index contributed by atoms with van der Waals surface area (Å²) in [5.41, 5.74) is 14.3. The van der Waals surface area contributed by atoms with Crippen molar-refractivity contribution < 1.29 is 0 Å². The third-order valence-electron chi connectivity index (χ3n) is 12.8. The molecule has 68 heavy (non-hydrogen) atoms. The molecule has 0 aliphatic carbocycles. The number of fused-ring (bicyclic) bond motifs is 4. The van der Waals surface area contributed by atoms with Gasteiger partial charge in [0.25, 0.3) is 0 Å². The maximum absolute atomic E-state index is 2.45. The van der Waals surface area contributed by atoms with Gasteiger partial charge < -0.3 is 14.7 Å². The van der Waals surface area contributed by atoms with Gasteiger partial charge in [-0.15, -0.1) is 11.3 Å². The number of rotatable bonds is 11. The van der Waals surface area contributed by atoms with Crippen molar-refractivity contribution in [3.8, 4) is 22.3 Å². The van der Waals surface area contributed by atoms with Crippen molar-refractivity contribution in [2.24, 2.45) is 0 Å². The quantitative estimate of drug-likeness (QED) is 0.128. The van der Waals surface area contributed by atoms with Crippen LogP contribution in [0.5, 0.6) is 0 Å². The summed E-state index contributed by atoms with van der Waals surface area (Å²) in [5, 5.41) is 4.86. The summed E-state index contributed by atoms with van der Waals surface area (Å²) in [6.45, 7) is 0. The van der Waals surface area contributed by atoms with Crippen molar-refractivity contribution in [3.05, 3.63) is 273 Å². The maximum atomic E-state index is 2.45. The fourth-order valence-corrected chi connectivity index (χ4v) is 10.8. The molecule has 0 N–H and O–H groups in total. The molecular formula is C64H45N3S. The molecule has 0 radical (unpaired) electrons. The zero-order valence-corrected chi connectivity index (χ0v) is 38.0. The largest absolute Gasteiger partial charge is 0.310 e. The van der Waals surface area contributed by atoms with Crippen molar-refractivity contribution >= 4 is 93.5 Å². The van der Waals surface area contributed by atoms with E-state index in [1.54, 1.807) is 0 Å². The monoisotopic (exact) mass is 887 g/mol. The lowest BCUT2D eigenvalue weighted by molar-refractivity contribution is 1.25. The van der Waals surface area contributed by atoms with Gasteiger partial charge >= 0.3 is 0 Å². The number of thiophene rings is 1. The highest BCUT2D eigenvalue weighted by Crippen LogP contribution is 2.47. The minimum absolute atomic E-state index is 1.05. The first-order valence-electron chi connectivity index (χ1n) is 23.1. The molecule has 12 aromatic rings. The smallest absolute Gasteiger partial charge is 0.0540 e. The van der Waals surface area contributed by atoms with Crippen molar-refractivity contribution in [2.45, 2.75) is 0 Å². The topological polar surface area (TPSA) is 9.72 Å². The molecule has 0 aliphatic heterocycles. The Labute approximate surface area is 401 Å². The van der Waals surface area contributed by atoms with Gasteiger partial charge in [0.15, 0.2) is 0 Å². The summed E-state index contributed by atoms with van der Waals surface area (Å²) in [7, 11) is 0. The van der Waals surface area contributed by atoms with Crippen LogP contribution in [-0.4, -0.2) is 0 Å². The first-order chi connectivity index (χ1) is 33.7. The number of para-hydroxylation sites is 4. The Bertz CT molecular complexity index is 3510. The number of benzene rings is 11. The van der Waals surface area contributed by atoms with Crippen LogP contribution in [0.3, 0.4) is 0 Å². The summed E-state index contributed by atoms with van der Waals surface area (Å²) in [5.74, 6) is 0. The summed E-state index contributed by atoms with van der Waals surface area (Å²) in [4.78, 5) is 7.18. The summed E-state index contributed by atoms with van der Waals surface area (Å²) in [6.07, 6.45) is 0. The van der Waals surface area contributed by atoms with Crippen LogP contribution in [0.25, 0.3) is 53.2 Å². The third-order valence-corrected chi connectivity index (χ3v) is 13.9. The van der Waals surface area contributed by atoms with E-state index in [2.05, 4.69) is 288 Å². The van der Waals surface area contributed by atoms with Crippen LogP contribution in [-0.2, 0) is 0 Å². The molecule has 0 saturated heterocycles. The van der Waals surface area contributed by atoms with Gasteiger partial charge in [-0.3, -0.25) is 0 Å². The molecule has 0 spiro atoms. The molecule has 0 fully saturated rings. The molecule has 0 saturated carbocycles. The van der Waals surface area contributed by atoms with Gasteiger partial charge in [-0.05, 0) is 137 Å². The molecule has 4 heteroatoms. The second-order valence-electron chi connectivity index (χ2n) is 17.0. The van der Waals surface area contributed by atoms with E-state index in [0.29, 0.717) is 0 Å². The molecule has 0 aliphatic rings. The fraction of sp³-hybridized carbons (Fsp3) is 0. The van der Waals surface area contributed by atoms with Gasteiger partial charge in [-0.25, -0.2) is 0 Å². The van der Waals surface area contributed by atoms with E-state index in [1.165, 1.54) is 31.3 Å². The highest BCUT2D eigenvalue weighted by molar-refractivity contribution is 7.25. The standard InChI is InChI=1S/C64H45N3S/c1-6-21-46(22-7-1)47-23-18-32-53(41-47)67(54-39-40-64-61(45-54)60-33-16-17-38-63(60)68-64)62-37-20-35-58-57(34-19-36-59(58)62)48-42-55(65(49-24-8-2-9-25-49)50-26-10-3-11-27-50)44-56(43-48)66(51-28-12-4-13-29-51)52-30-14-5-15-31-52/h1-45H.